The third kappa shape index (κ3) is 2.92. The number of hydrogen-bond acceptors (Lipinski definition) is 2. The molecule has 4 heteroatoms. The number of nitrogens with zero attached hydrogens (tertiary/aromatic N) is 2. The molecule has 0 aliphatic carbocycles. The van der Waals surface area contributed by atoms with Crippen molar-refractivity contribution in [2.24, 2.45) is 0 Å². The summed E-state index contributed by atoms with van der Waals surface area (Å²) in [4.78, 5) is 8.91. The lowest BCUT2D eigenvalue weighted by atomic mass is 9.95. The molecule has 0 saturated heterocycles. The lowest BCUT2D eigenvalue weighted by Gasteiger charge is -2.19. The van der Waals surface area contributed by atoms with Crippen LogP contribution in [-0.4, -0.2) is 9.97 Å². The maximum Gasteiger partial charge on any atom is 0.136 e. The van der Waals surface area contributed by atoms with Gasteiger partial charge in [-0.15, -0.1) is 0 Å². The van der Waals surface area contributed by atoms with Crippen molar-refractivity contribution < 1.29 is 4.39 Å². The molecule has 1 aromatic carbocycles. The predicted octanol–water partition coefficient (Wildman–Crippen LogP) is 4.54. The summed E-state index contributed by atoms with van der Waals surface area (Å²) >= 11 is 6.18. The number of halogens is 2. The molecule has 2 aromatic rings. The van der Waals surface area contributed by atoms with E-state index in [0.717, 1.165) is 16.8 Å². The molecule has 0 atom stereocenters. The molecule has 0 aliphatic rings. The molecule has 0 bridgehead atoms. The fraction of sp³-hybridized carbons (Fsp3) is 0.333. The van der Waals surface area contributed by atoms with Gasteiger partial charge in [0.25, 0.3) is 0 Å². The van der Waals surface area contributed by atoms with Gasteiger partial charge in [-0.3, -0.25) is 0 Å². The summed E-state index contributed by atoms with van der Waals surface area (Å²) in [5.41, 5.74) is 2.21. The first-order valence-electron chi connectivity index (χ1n) is 6.09. The zero-order valence-electron chi connectivity index (χ0n) is 11.5. The van der Waals surface area contributed by atoms with Gasteiger partial charge in [-0.25, -0.2) is 14.4 Å². The first kappa shape index (κ1) is 13.9. The second-order valence-electron chi connectivity index (χ2n) is 5.57. The molecule has 0 amide bonds. The highest BCUT2D eigenvalue weighted by Crippen LogP contribution is 2.29. The second-order valence-corrected chi connectivity index (χ2v) is 5.93. The first-order valence-corrected chi connectivity index (χ1v) is 6.47. The Morgan fingerprint density at radius 3 is 2.16 bits per heavy atom. The summed E-state index contributed by atoms with van der Waals surface area (Å²) < 4.78 is 13.0. The second kappa shape index (κ2) is 4.89. The van der Waals surface area contributed by atoms with Gasteiger partial charge >= 0.3 is 0 Å². The molecule has 1 heterocycles. The van der Waals surface area contributed by atoms with E-state index in [4.69, 9.17) is 11.6 Å². The maximum atomic E-state index is 13.0. The minimum atomic E-state index is -0.266. The van der Waals surface area contributed by atoms with Crippen LogP contribution in [-0.2, 0) is 5.41 Å². The van der Waals surface area contributed by atoms with Crippen LogP contribution in [0.1, 0.15) is 32.2 Å². The highest BCUT2D eigenvalue weighted by molar-refractivity contribution is 6.30. The molecular weight excluding hydrogens is 263 g/mol. The van der Waals surface area contributed by atoms with Crippen LogP contribution < -0.4 is 0 Å². The van der Waals surface area contributed by atoms with Crippen LogP contribution in [0, 0.1) is 12.7 Å². The molecule has 19 heavy (non-hydrogen) atoms. The van der Waals surface area contributed by atoms with E-state index < -0.39 is 0 Å². The van der Waals surface area contributed by atoms with E-state index in [2.05, 4.69) is 9.97 Å². The molecule has 0 spiro atoms. The molecule has 0 unspecified atom stereocenters. The van der Waals surface area contributed by atoms with Gasteiger partial charge < -0.3 is 0 Å². The summed E-state index contributed by atoms with van der Waals surface area (Å²) in [5, 5.41) is 0.444. The van der Waals surface area contributed by atoms with Crippen molar-refractivity contribution in [2.45, 2.75) is 33.1 Å². The molecule has 1 aromatic heterocycles. The largest absolute Gasteiger partial charge is 0.232 e. The number of benzene rings is 1. The smallest absolute Gasteiger partial charge is 0.136 e. The summed E-state index contributed by atoms with van der Waals surface area (Å²) in [6, 6.07) is 6.24. The topological polar surface area (TPSA) is 25.8 Å². The van der Waals surface area contributed by atoms with E-state index in [-0.39, 0.29) is 11.2 Å². The molecule has 0 saturated carbocycles. The molecule has 100 valence electrons. The molecule has 0 N–H and O–H groups in total. The van der Waals surface area contributed by atoms with Crippen LogP contribution >= 0.6 is 11.6 Å². The Balaban J connectivity index is 2.62. The Morgan fingerprint density at radius 2 is 1.63 bits per heavy atom. The highest BCUT2D eigenvalue weighted by Gasteiger charge is 2.21. The van der Waals surface area contributed by atoms with Crippen molar-refractivity contribution in [3.05, 3.63) is 46.6 Å². The normalized spacial score (nSPS) is 11.7. The fourth-order valence-electron chi connectivity index (χ4n) is 1.71. The van der Waals surface area contributed by atoms with Gasteiger partial charge in [0.15, 0.2) is 0 Å². The van der Waals surface area contributed by atoms with Crippen LogP contribution in [0.5, 0.6) is 0 Å². The lowest BCUT2D eigenvalue weighted by Crippen LogP contribution is -2.17. The van der Waals surface area contributed by atoms with Crippen molar-refractivity contribution in [3.8, 4) is 11.3 Å². The van der Waals surface area contributed by atoms with Crippen molar-refractivity contribution in [3.63, 3.8) is 0 Å². The summed E-state index contributed by atoms with van der Waals surface area (Å²) in [5.74, 6) is 0.417. The molecule has 2 nitrogen and oxygen atoms in total. The van der Waals surface area contributed by atoms with Crippen molar-refractivity contribution in [1.82, 2.24) is 9.97 Å². The van der Waals surface area contributed by atoms with E-state index in [9.17, 15) is 4.39 Å². The van der Waals surface area contributed by atoms with Gasteiger partial charge in [-0.1, -0.05) is 32.4 Å². The maximum absolute atomic E-state index is 13.0. The van der Waals surface area contributed by atoms with Gasteiger partial charge in [-0.2, -0.15) is 0 Å². The van der Waals surface area contributed by atoms with E-state index in [1.165, 1.54) is 12.1 Å². The third-order valence-corrected chi connectivity index (χ3v) is 3.24. The molecule has 0 aliphatic heterocycles. The number of hydrogen-bond donors (Lipinski definition) is 0. The SMILES string of the molecule is Cc1c(Cl)nc(C(C)(C)C)nc1-c1ccc(F)cc1. The average Bonchev–Trinajstić information content (AvgIpc) is 2.32. The van der Waals surface area contributed by atoms with Gasteiger partial charge in [0.05, 0.1) is 5.69 Å². The van der Waals surface area contributed by atoms with Crippen molar-refractivity contribution in [2.75, 3.05) is 0 Å². The van der Waals surface area contributed by atoms with Crippen LogP contribution in [0.2, 0.25) is 5.15 Å². The van der Waals surface area contributed by atoms with Gasteiger partial charge in [-0.05, 0) is 31.2 Å². The van der Waals surface area contributed by atoms with Crippen LogP contribution in [0.4, 0.5) is 4.39 Å². The number of aromatic nitrogens is 2. The molecule has 2 rings (SSSR count). The Kier molecular flexibility index (Phi) is 3.59. The Labute approximate surface area is 117 Å². The zero-order valence-corrected chi connectivity index (χ0v) is 12.2. The van der Waals surface area contributed by atoms with E-state index in [0.29, 0.717) is 11.0 Å². The van der Waals surface area contributed by atoms with Gasteiger partial charge in [0.2, 0.25) is 0 Å². The Bertz CT molecular complexity index is 601. The highest BCUT2D eigenvalue weighted by atomic mass is 35.5. The molecule has 0 radical (unpaired) electrons. The van der Waals surface area contributed by atoms with Crippen LogP contribution in [0.15, 0.2) is 24.3 Å². The summed E-state index contributed by atoms with van der Waals surface area (Å²) in [6.45, 7) is 7.96. The quantitative estimate of drug-likeness (QED) is 0.716. The summed E-state index contributed by atoms with van der Waals surface area (Å²) in [7, 11) is 0. The van der Waals surface area contributed by atoms with Gasteiger partial charge in [0, 0.05) is 16.5 Å². The fourth-order valence-corrected chi connectivity index (χ4v) is 1.88. The standard InChI is InChI=1S/C15H16ClFN2/c1-9-12(10-5-7-11(17)8-6-10)18-14(15(2,3)4)19-13(9)16/h5-8H,1-4H3. The van der Waals surface area contributed by atoms with E-state index >= 15 is 0 Å². The average molecular weight is 279 g/mol. The van der Waals surface area contributed by atoms with Crippen LogP contribution in [0.3, 0.4) is 0 Å². The first-order chi connectivity index (χ1) is 8.79. The summed E-state index contributed by atoms with van der Waals surface area (Å²) in [6.07, 6.45) is 0. The van der Waals surface area contributed by atoms with E-state index in [1.54, 1.807) is 12.1 Å². The zero-order chi connectivity index (χ0) is 14.2. The van der Waals surface area contributed by atoms with Crippen LogP contribution in [0.25, 0.3) is 11.3 Å². The minimum Gasteiger partial charge on any atom is -0.232 e. The van der Waals surface area contributed by atoms with Gasteiger partial charge in [0.1, 0.15) is 16.8 Å². The Morgan fingerprint density at radius 1 is 1.05 bits per heavy atom. The number of rotatable bonds is 1. The predicted molar refractivity (Wildman–Crippen MR) is 75.9 cm³/mol. The monoisotopic (exact) mass is 278 g/mol. The molecular formula is C15H16ClFN2. The Hall–Kier alpha value is -1.48. The lowest BCUT2D eigenvalue weighted by molar-refractivity contribution is 0.545. The molecule has 0 fully saturated rings. The van der Waals surface area contributed by atoms with Crippen molar-refractivity contribution in [1.29, 1.82) is 0 Å². The third-order valence-electron chi connectivity index (χ3n) is 2.87. The van der Waals surface area contributed by atoms with E-state index in [1.807, 2.05) is 27.7 Å². The minimum absolute atomic E-state index is 0.188. The van der Waals surface area contributed by atoms with Crippen molar-refractivity contribution >= 4 is 11.6 Å².